The van der Waals surface area contributed by atoms with Gasteiger partial charge in [0, 0.05) is 6.04 Å². The third-order valence-electron chi connectivity index (χ3n) is 5.00. The second-order valence-electron chi connectivity index (χ2n) is 6.88. The van der Waals surface area contributed by atoms with Gasteiger partial charge in [0.05, 0.1) is 0 Å². The molecule has 3 unspecified atom stereocenters. The molecule has 0 aromatic carbocycles. The summed E-state index contributed by atoms with van der Waals surface area (Å²) in [5.74, 6) is 2.55. The zero-order valence-electron chi connectivity index (χ0n) is 13.8. The Labute approximate surface area is 121 Å². The average molecular weight is 265 g/mol. The Morgan fingerprint density at radius 1 is 1.26 bits per heavy atom. The van der Waals surface area contributed by atoms with Crippen molar-refractivity contribution in [2.45, 2.75) is 78.7 Å². The molecular weight excluding hydrogens is 230 g/mol. The van der Waals surface area contributed by atoms with Gasteiger partial charge in [-0.25, -0.2) is 0 Å². The molecule has 0 spiro atoms. The quantitative estimate of drug-likeness (QED) is 0.653. The van der Waals surface area contributed by atoms with Crippen LogP contribution in [-0.4, -0.2) is 13.1 Å². The van der Waals surface area contributed by atoms with E-state index in [0.29, 0.717) is 6.04 Å². The first-order chi connectivity index (χ1) is 9.06. The Morgan fingerprint density at radius 2 is 2.00 bits per heavy atom. The molecule has 19 heavy (non-hydrogen) atoms. The molecule has 0 aromatic rings. The summed E-state index contributed by atoms with van der Waals surface area (Å²) in [6.45, 7) is 9.33. The molecule has 0 saturated carbocycles. The van der Waals surface area contributed by atoms with Crippen LogP contribution in [0.3, 0.4) is 0 Å². The maximum absolute atomic E-state index is 3.49. The van der Waals surface area contributed by atoms with Gasteiger partial charge in [-0.2, -0.15) is 0 Å². The summed E-state index contributed by atoms with van der Waals surface area (Å²) < 4.78 is 0. The van der Waals surface area contributed by atoms with Crippen molar-refractivity contribution in [1.82, 2.24) is 5.32 Å². The van der Waals surface area contributed by atoms with Crippen molar-refractivity contribution >= 4 is 0 Å². The minimum Gasteiger partial charge on any atom is -0.317 e. The van der Waals surface area contributed by atoms with E-state index in [1.165, 1.54) is 44.9 Å². The van der Waals surface area contributed by atoms with Gasteiger partial charge in [0.25, 0.3) is 0 Å². The first kappa shape index (κ1) is 16.8. The topological polar surface area (TPSA) is 12.0 Å². The normalized spacial score (nSPS) is 29.5. The Morgan fingerprint density at radius 3 is 2.58 bits per heavy atom. The summed E-state index contributed by atoms with van der Waals surface area (Å²) >= 11 is 0. The van der Waals surface area contributed by atoms with Crippen LogP contribution in [0.5, 0.6) is 0 Å². The van der Waals surface area contributed by atoms with Gasteiger partial charge in [-0.15, -0.1) is 0 Å². The molecule has 1 rings (SSSR count). The summed E-state index contributed by atoms with van der Waals surface area (Å²) in [7, 11) is 2.11. The molecule has 1 heteroatoms. The van der Waals surface area contributed by atoms with Crippen molar-refractivity contribution in [3.63, 3.8) is 0 Å². The standard InChI is InChI=1S/C18H35N/c1-6-16-9-10-17(8-7-15(4)13-16)11-12-18(19-5)14(2)3/h13-14,16-19H,6-12H2,1-5H3/b15-13-. The van der Waals surface area contributed by atoms with Crippen LogP contribution in [0.1, 0.15) is 72.6 Å². The van der Waals surface area contributed by atoms with E-state index in [1.54, 1.807) is 5.57 Å². The minimum absolute atomic E-state index is 0.698. The molecule has 0 amide bonds. The average Bonchev–Trinajstić information content (AvgIpc) is 2.37. The Kier molecular flexibility index (Phi) is 7.75. The molecule has 0 radical (unpaired) electrons. The molecule has 0 bridgehead atoms. The number of hydrogen-bond donors (Lipinski definition) is 1. The molecule has 0 aliphatic heterocycles. The van der Waals surface area contributed by atoms with Crippen LogP contribution in [0.2, 0.25) is 0 Å². The van der Waals surface area contributed by atoms with Gasteiger partial charge in [0.15, 0.2) is 0 Å². The third-order valence-corrected chi connectivity index (χ3v) is 5.00. The van der Waals surface area contributed by atoms with E-state index in [2.05, 4.69) is 46.1 Å². The zero-order valence-corrected chi connectivity index (χ0v) is 13.8. The van der Waals surface area contributed by atoms with Gasteiger partial charge in [-0.1, -0.05) is 32.4 Å². The predicted octanol–water partition coefficient (Wildman–Crippen LogP) is 5.17. The SMILES string of the molecule is CCC1/C=C(/C)CCC(CCC(NC)C(C)C)CC1. The summed E-state index contributed by atoms with van der Waals surface area (Å²) in [4.78, 5) is 0. The van der Waals surface area contributed by atoms with Crippen molar-refractivity contribution in [2.24, 2.45) is 17.8 Å². The van der Waals surface area contributed by atoms with Crippen molar-refractivity contribution in [3.8, 4) is 0 Å². The fourth-order valence-corrected chi connectivity index (χ4v) is 3.43. The maximum atomic E-state index is 3.49. The largest absolute Gasteiger partial charge is 0.317 e. The Bertz CT molecular complexity index is 267. The van der Waals surface area contributed by atoms with E-state index in [9.17, 15) is 0 Å². The van der Waals surface area contributed by atoms with Crippen LogP contribution in [0.15, 0.2) is 11.6 Å². The van der Waals surface area contributed by atoms with Crippen LogP contribution in [0.4, 0.5) is 0 Å². The van der Waals surface area contributed by atoms with Gasteiger partial charge in [-0.3, -0.25) is 0 Å². The molecule has 0 aromatic heterocycles. The highest BCUT2D eigenvalue weighted by Gasteiger charge is 2.18. The highest BCUT2D eigenvalue weighted by atomic mass is 14.9. The lowest BCUT2D eigenvalue weighted by molar-refractivity contribution is 0.315. The fraction of sp³-hybridized carbons (Fsp3) is 0.889. The van der Waals surface area contributed by atoms with Gasteiger partial charge in [0.1, 0.15) is 0 Å². The van der Waals surface area contributed by atoms with E-state index < -0.39 is 0 Å². The van der Waals surface area contributed by atoms with Crippen LogP contribution >= 0.6 is 0 Å². The fourth-order valence-electron chi connectivity index (χ4n) is 3.43. The lowest BCUT2D eigenvalue weighted by Gasteiger charge is -2.26. The highest BCUT2D eigenvalue weighted by molar-refractivity contribution is 5.02. The maximum Gasteiger partial charge on any atom is 0.00871 e. The van der Waals surface area contributed by atoms with E-state index in [-0.39, 0.29) is 0 Å². The van der Waals surface area contributed by atoms with Gasteiger partial charge in [0.2, 0.25) is 0 Å². The lowest BCUT2D eigenvalue weighted by Crippen LogP contribution is -2.31. The van der Waals surface area contributed by atoms with Crippen LogP contribution in [0, 0.1) is 17.8 Å². The molecule has 3 atom stereocenters. The van der Waals surface area contributed by atoms with Gasteiger partial charge < -0.3 is 5.32 Å². The summed E-state index contributed by atoms with van der Waals surface area (Å²) in [6.07, 6.45) is 12.2. The molecular formula is C18H35N. The monoisotopic (exact) mass is 265 g/mol. The van der Waals surface area contributed by atoms with Crippen molar-refractivity contribution in [3.05, 3.63) is 11.6 Å². The highest BCUT2D eigenvalue weighted by Crippen LogP contribution is 2.30. The molecule has 0 fully saturated rings. The first-order valence-corrected chi connectivity index (χ1v) is 8.41. The van der Waals surface area contributed by atoms with Crippen LogP contribution in [-0.2, 0) is 0 Å². The minimum atomic E-state index is 0.698. The first-order valence-electron chi connectivity index (χ1n) is 8.41. The Balaban J connectivity index is 2.44. The molecule has 0 heterocycles. The lowest BCUT2D eigenvalue weighted by atomic mass is 9.82. The van der Waals surface area contributed by atoms with Crippen molar-refractivity contribution < 1.29 is 0 Å². The molecule has 0 saturated heterocycles. The van der Waals surface area contributed by atoms with Crippen molar-refractivity contribution in [1.29, 1.82) is 0 Å². The van der Waals surface area contributed by atoms with E-state index in [4.69, 9.17) is 0 Å². The number of rotatable bonds is 6. The van der Waals surface area contributed by atoms with Gasteiger partial charge in [-0.05, 0) is 76.7 Å². The molecule has 112 valence electrons. The summed E-state index contributed by atoms with van der Waals surface area (Å²) in [5.41, 5.74) is 1.63. The van der Waals surface area contributed by atoms with Gasteiger partial charge >= 0.3 is 0 Å². The van der Waals surface area contributed by atoms with E-state index in [1.807, 2.05) is 0 Å². The Hall–Kier alpha value is -0.300. The smallest absolute Gasteiger partial charge is 0.00871 e. The van der Waals surface area contributed by atoms with Crippen LogP contribution < -0.4 is 5.32 Å². The number of nitrogens with one attached hydrogen (secondary N) is 1. The molecule has 1 aliphatic carbocycles. The molecule has 1 nitrogen and oxygen atoms in total. The van der Waals surface area contributed by atoms with Crippen molar-refractivity contribution in [2.75, 3.05) is 7.05 Å². The van der Waals surface area contributed by atoms with E-state index in [0.717, 1.165) is 17.8 Å². The zero-order chi connectivity index (χ0) is 14.3. The van der Waals surface area contributed by atoms with Crippen LogP contribution in [0.25, 0.3) is 0 Å². The summed E-state index contributed by atoms with van der Waals surface area (Å²) in [5, 5.41) is 3.49. The molecule has 1 aliphatic rings. The third kappa shape index (κ3) is 6.12. The van der Waals surface area contributed by atoms with E-state index >= 15 is 0 Å². The second kappa shape index (κ2) is 8.79. The number of hydrogen-bond acceptors (Lipinski definition) is 1. The number of allylic oxidation sites excluding steroid dienone is 2. The predicted molar refractivity (Wildman–Crippen MR) is 86.4 cm³/mol. The molecule has 1 N–H and O–H groups in total. The summed E-state index contributed by atoms with van der Waals surface area (Å²) in [6, 6.07) is 0.698. The second-order valence-corrected chi connectivity index (χ2v) is 6.88.